The first-order chi connectivity index (χ1) is 9.91. The molecule has 0 aliphatic heterocycles. The minimum atomic E-state index is -0.695. The molecule has 21 heavy (non-hydrogen) atoms. The van der Waals surface area contributed by atoms with Gasteiger partial charge in [-0.1, -0.05) is 66.2 Å². The molecule has 0 rings (SSSR count). The first-order valence-corrected chi connectivity index (χ1v) is 8.86. The highest BCUT2D eigenvalue weighted by Gasteiger charge is 2.09. The fourth-order valence-corrected chi connectivity index (χ4v) is 2.59. The van der Waals surface area contributed by atoms with Crippen molar-refractivity contribution in [2.24, 2.45) is 11.8 Å². The summed E-state index contributed by atoms with van der Waals surface area (Å²) in [7, 11) is 0. The van der Waals surface area contributed by atoms with Crippen molar-refractivity contribution in [3.05, 3.63) is 0 Å². The molecule has 0 atom stereocenters. The standard InChI is InChI=1S/C18H37NO2/c1-16(2)11-7-5-9-13-19(15-18(20)21)14-10-6-8-12-17(3)4/h16-17H,5-15H2,1-4H3,(H,20,21). The molecule has 0 aromatic rings. The number of carboxylic acid groups (broad SMARTS) is 1. The van der Waals surface area contributed by atoms with E-state index in [9.17, 15) is 4.79 Å². The van der Waals surface area contributed by atoms with E-state index in [0.29, 0.717) is 0 Å². The Bertz CT molecular complexity index is 234. The van der Waals surface area contributed by atoms with Crippen LogP contribution in [0.15, 0.2) is 0 Å². The maximum absolute atomic E-state index is 10.9. The second-order valence-electron chi connectivity index (χ2n) is 7.16. The lowest BCUT2D eigenvalue weighted by Crippen LogP contribution is -2.31. The zero-order chi connectivity index (χ0) is 16.1. The van der Waals surface area contributed by atoms with Gasteiger partial charge >= 0.3 is 5.97 Å². The van der Waals surface area contributed by atoms with Gasteiger partial charge in [-0.15, -0.1) is 0 Å². The zero-order valence-corrected chi connectivity index (χ0v) is 14.7. The molecule has 0 amide bonds. The maximum atomic E-state index is 10.9. The molecular weight excluding hydrogens is 262 g/mol. The fourth-order valence-electron chi connectivity index (χ4n) is 2.59. The molecule has 126 valence electrons. The molecular formula is C18H37NO2. The molecule has 0 aromatic carbocycles. The molecule has 0 saturated heterocycles. The van der Waals surface area contributed by atoms with E-state index in [1.54, 1.807) is 0 Å². The minimum Gasteiger partial charge on any atom is -0.480 e. The molecule has 0 aromatic heterocycles. The van der Waals surface area contributed by atoms with Crippen LogP contribution in [0.2, 0.25) is 0 Å². The number of carboxylic acids is 1. The average molecular weight is 299 g/mol. The predicted molar refractivity (Wildman–Crippen MR) is 90.7 cm³/mol. The van der Waals surface area contributed by atoms with Crippen molar-refractivity contribution in [1.29, 1.82) is 0 Å². The van der Waals surface area contributed by atoms with E-state index >= 15 is 0 Å². The molecule has 0 unspecified atom stereocenters. The lowest BCUT2D eigenvalue weighted by atomic mass is 10.0. The number of unbranched alkanes of at least 4 members (excludes halogenated alkanes) is 4. The Morgan fingerprint density at radius 3 is 1.57 bits per heavy atom. The molecule has 0 bridgehead atoms. The number of aliphatic carboxylic acids is 1. The van der Waals surface area contributed by atoms with Gasteiger partial charge in [-0.25, -0.2) is 0 Å². The molecule has 0 heterocycles. The molecule has 0 spiro atoms. The lowest BCUT2D eigenvalue weighted by Gasteiger charge is -2.20. The molecule has 3 nitrogen and oxygen atoms in total. The normalized spacial score (nSPS) is 11.8. The second kappa shape index (κ2) is 13.1. The topological polar surface area (TPSA) is 40.5 Å². The van der Waals surface area contributed by atoms with Crippen molar-refractivity contribution in [3.8, 4) is 0 Å². The Balaban J connectivity index is 3.74. The summed E-state index contributed by atoms with van der Waals surface area (Å²) in [5, 5.41) is 8.99. The van der Waals surface area contributed by atoms with Crippen molar-refractivity contribution < 1.29 is 9.90 Å². The molecule has 0 aliphatic carbocycles. The van der Waals surface area contributed by atoms with Crippen LogP contribution in [0.5, 0.6) is 0 Å². The Morgan fingerprint density at radius 2 is 1.24 bits per heavy atom. The SMILES string of the molecule is CC(C)CCCCCN(CCCCCC(C)C)CC(=O)O. The highest BCUT2D eigenvalue weighted by atomic mass is 16.4. The van der Waals surface area contributed by atoms with Crippen LogP contribution >= 0.6 is 0 Å². The van der Waals surface area contributed by atoms with Crippen LogP contribution in [0, 0.1) is 11.8 Å². The van der Waals surface area contributed by atoms with Gasteiger partial charge in [0, 0.05) is 0 Å². The molecule has 0 aliphatic rings. The number of hydrogen-bond acceptors (Lipinski definition) is 2. The van der Waals surface area contributed by atoms with Gasteiger partial charge in [-0.2, -0.15) is 0 Å². The molecule has 0 fully saturated rings. The zero-order valence-electron chi connectivity index (χ0n) is 14.7. The molecule has 3 heteroatoms. The number of rotatable bonds is 14. The van der Waals surface area contributed by atoms with Gasteiger partial charge in [0.15, 0.2) is 0 Å². The van der Waals surface area contributed by atoms with Gasteiger partial charge in [0.25, 0.3) is 0 Å². The summed E-state index contributed by atoms with van der Waals surface area (Å²) in [6.07, 6.45) is 9.82. The van der Waals surface area contributed by atoms with Gasteiger partial charge in [0.05, 0.1) is 6.54 Å². The van der Waals surface area contributed by atoms with E-state index in [2.05, 4.69) is 32.6 Å². The van der Waals surface area contributed by atoms with Crippen LogP contribution in [0.1, 0.15) is 79.1 Å². The van der Waals surface area contributed by atoms with Crippen molar-refractivity contribution in [1.82, 2.24) is 4.90 Å². The van der Waals surface area contributed by atoms with E-state index in [-0.39, 0.29) is 6.54 Å². The first kappa shape index (κ1) is 20.4. The van der Waals surface area contributed by atoms with Crippen LogP contribution in [0.4, 0.5) is 0 Å². The largest absolute Gasteiger partial charge is 0.480 e. The first-order valence-electron chi connectivity index (χ1n) is 8.86. The average Bonchev–Trinajstić information content (AvgIpc) is 2.36. The number of carbonyl (C=O) groups is 1. The smallest absolute Gasteiger partial charge is 0.317 e. The van der Waals surface area contributed by atoms with Crippen LogP contribution in [-0.4, -0.2) is 35.6 Å². The van der Waals surface area contributed by atoms with Gasteiger partial charge in [0.2, 0.25) is 0 Å². The van der Waals surface area contributed by atoms with E-state index in [1.165, 1.54) is 38.5 Å². The third-order valence-electron chi connectivity index (χ3n) is 3.87. The Hall–Kier alpha value is -0.570. The van der Waals surface area contributed by atoms with Crippen molar-refractivity contribution in [3.63, 3.8) is 0 Å². The quantitative estimate of drug-likeness (QED) is 0.468. The Kier molecular flexibility index (Phi) is 12.8. The van der Waals surface area contributed by atoms with Crippen LogP contribution in [0.25, 0.3) is 0 Å². The predicted octanol–water partition coefficient (Wildman–Crippen LogP) is 4.81. The number of nitrogens with zero attached hydrogens (tertiary/aromatic N) is 1. The van der Waals surface area contributed by atoms with E-state index in [0.717, 1.165) is 37.8 Å². The van der Waals surface area contributed by atoms with Gasteiger partial charge in [-0.3, -0.25) is 9.69 Å². The summed E-state index contributed by atoms with van der Waals surface area (Å²) < 4.78 is 0. The van der Waals surface area contributed by atoms with Gasteiger partial charge in [-0.05, 0) is 37.8 Å². The molecule has 0 radical (unpaired) electrons. The summed E-state index contributed by atoms with van der Waals surface area (Å²) in [5.74, 6) is 0.863. The van der Waals surface area contributed by atoms with Crippen molar-refractivity contribution in [2.75, 3.05) is 19.6 Å². The Labute approximate surface area is 132 Å². The second-order valence-corrected chi connectivity index (χ2v) is 7.16. The van der Waals surface area contributed by atoms with Crippen LogP contribution in [-0.2, 0) is 4.79 Å². The van der Waals surface area contributed by atoms with Gasteiger partial charge in [0.1, 0.15) is 0 Å². The summed E-state index contributed by atoms with van der Waals surface area (Å²) in [6, 6.07) is 0. The maximum Gasteiger partial charge on any atom is 0.317 e. The third-order valence-corrected chi connectivity index (χ3v) is 3.87. The van der Waals surface area contributed by atoms with Crippen molar-refractivity contribution in [2.45, 2.75) is 79.1 Å². The summed E-state index contributed by atoms with van der Waals surface area (Å²) in [4.78, 5) is 13.0. The van der Waals surface area contributed by atoms with Crippen molar-refractivity contribution >= 4 is 5.97 Å². The van der Waals surface area contributed by atoms with Crippen LogP contribution < -0.4 is 0 Å². The van der Waals surface area contributed by atoms with E-state index < -0.39 is 5.97 Å². The van der Waals surface area contributed by atoms with E-state index in [1.807, 2.05) is 0 Å². The summed E-state index contributed by atoms with van der Waals surface area (Å²) >= 11 is 0. The molecule has 0 saturated carbocycles. The fraction of sp³-hybridized carbons (Fsp3) is 0.944. The van der Waals surface area contributed by atoms with E-state index in [4.69, 9.17) is 5.11 Å². The highest BCUT2D eigenvalue weighted by Crippen LogP contribution is 2.11. The Morgan fingerprint density at radius 1 is 0.810 bits per heavy atom. The minimum absolute atomic E-state index is 0.203. The van der Waals surface area contributed by atoms with Crippen LogP contribution in [0.3, 0.4) is 0 Å². The third kappa shape index (κ3) is 15.6. The summed E-state index contributed by atoms with van der Waals surface area (Å²) in [5.41, 5.74) is 0. The summed E-state index contributed by atoms with van der Waals surface area (Å²) in [6.45, 7) is 11.1. The number of hydrogen-bond donors (Lipinski definition) is 1. The highest BCUT2D eigenvalue weighted by molar-refractivity contribution is 5.69. The van der Waals surface area contributed by atoms with Gasteiger partial charge < -0.3 is 5.11 Å². The lowest BCUT2D eigenvalue weighted by molar-refractivity contribution is -0.138. The monoisotopic (exact) mass is 299 g/mol. The molecule has 1 N–H and O–H groups in total.